The van der Waals surface area contributed by atoms with Crippen LogP contribution in [0.1, 0.15) is 50.5 Å². The maximum Gasteiger partial charge on any atom is 0.134 e. The highest BCUT2D eigenvalue weighted by Crippen LogP contribution is 2.40. The van der Waals surface area contributed by atoms with E-state index in [0.717, 1.165) is 23.2 Å². The van der Waals surface area contributed by atoms with Crippen molar-refractivity contribution in [2.45, 2.75) is 46.1 Å². The van der Waals surface area contributed by atoms with Gasteiger partial charge < -0.3 is 9.73 Å². The first-order valence-electron chi connectivity index (χ1n) is 8.24. The third kappa shape index (κ3) is 3.01. The van der Waals surface area contributed by atoms with E-state index in [9.17, 15) is 0 Å². The van der Waals surface area contributed by atoms with Crippen LogP contribution in [0.25, 0.3) is 11.0 Å². The van der Waals surface area contributed by atoms with Gasteiger partial charge in [0.05, 0.1) is 6.04 Å². The largest absolute Gasteiger partial charge is 0.459 e. The minimum Gasteiger partial charge on any atom is -0.459 e. The topological polar surface area (TPSA) is 25.2 Å². The summed E-state index contributed by atoms with van der Waals surface area (Å²) in [5, 5.41) is 4.74. The number of aryl methyl sites for hydroxylation is 1. The molecule has 2 aromatic rings. The number of hydrogen-bond donors (Lipinski definition) is 1. The van der Waals surface area contributed by atoms with Gasteiger partial charge in [-0.15, -0.1) is 0 Å². The average molecular weight is 285 g/mol. The van der Waals surface area contributed by atoms with Crippen LogP contribution >= 0.6 is 0 Å². The lowest BCUT2D eigenvalue weighted by Gasteiger charge is -2.35. The van der Waals surface area contributed by atoms with Crippen molar-refractivity contribution in [2.24, 2.45) is 17.8 Å². The number of furan rings is 1. The quantitative estimate of drug-likeness (QED) is 0.851. The Labute approximate surface area is 127 Å². The van der Waals surface area contributed by atoms with E-state index in [2.05, 4.69) is 57.4 Å². The number of nitrogens with one attached hydrogen (secondary N) is 1. The van der Waals surface area contributed by atoms with Gasteiger partial charge in [0.25, 0.3) is 0 Å². The minimum absolute atomic E-state index is 0.336. The van der Waals surface area contributed by atoms with Gasteiger partial charge in [0, 0.05) is 5.39 Å². The number of rotatable bonds is 3. The van der Waals surface area contributed by atoms with Crippen LogP contribution in [0.15, 0.2) is 28.7 Å². The Bertz CT molecular complexity index is 605. The highest BCUT2D eigenvalue weighted by Gasteiger charge is 2.31. The number of hydrogen-bond acceptors (Lipinski definition) is 2. The fourth-order valence-corrected chi connectivity index (χ4v) is 4.23. The Hall–Kier alpha value is -1.28. The number of benzene rings is 1. The molecular weight excluding hydrogens is 258 g/mol. The zero-order valence-electron chi connectivity index (χ0n) is 13.6. The standard InChI is InChI=1S/C19H27NO/c1-12-5-6-17-15(8-12)11-18(21-17)19(20-4)16-9-13(2)7-14(3)10-16/h5-6,8,11,13-14,16,19-20H,7,9-10H2,1-4H3. The molecule has 0 saturated heterocycles. The molecule has 3 atom stereocenters. The third-order valence-electron chi connectivity index (χ3n) is 4.99. The van der Waals surface area contributed by atoms with Crippen LogP contribution in [-0.4, -0.2) is 7.05 Å². The highest BCUT2D eigenvalue weighted by atomic mass is 16.3. The first-order valence-corrected chi connectivity index (χ1v) is 8.24. The Morgan fingerprint density at radius 2 is 1.81 bits per heavy atom. The summed E-state index contributed by atoms with van der Waals surface area (Å²) in [5.74, 6) is 3.42. The first kappa shape index (κ1) is 14.6. The smallest absolute Gasteiger partial charge is 0.134 e. The van der Waals surface area contributed by atoms with E-state index in [1.165, 1.54) is 30.2 Å². The van der Waals surface area contributed by atoms with Gasteiger partial charge in [-0.05, 0) is 69.2 Å². The van der Waals surface area contributed by atoms with Gasteiger partial charge >= 0.3 is 0 Å². The highest BCUT2D eigenvalue weighted by molar-refractivity contribution is 5.78. The molecule has 2 heteroatoms. The molecule has 1 aromatic carbocycles. The molecule has 0 radical (unpaired) electrons. The van der Waals surface area contributed by atoms with Crippen LogP contribution in [0.3, 0.4) is 0 Å². The van der Waals surface area contributed by atoms with Gasteiger partial charge in [-0.25, -0.2) is 0 Å². The monoisotopic (exact) mass is 285 g/mol. The summed E-state index contributed by atoms with van der Waals surface area (Å²) in [4.78, 5) is 0. The van der Waals surface area contributed by atoms with Crippen molar-refractivity contribution in [1.82, 2.24) is 5.32 Å². The van der Waals surface area contributed by atoms with Gasteiger partial charge in [0.1, 0.15) is 11.3 Å². The molecule has 2 nitrogen and oxygen atoms in total. The van der Waals surface area contributed by atoms with E-state index >= 15 is 0 Å². The van der Waals surface area contributed by atoms with Gasteiger partial charge in [-0.2, -0.15) is 0 Å². The summed E-state index contributed by atoms with van der Waals surface area (Å²) in [5.41, 5.74) is 2.29. The summed E-state index contributed by atoms with van der Waals surface area (Å²) in [6.45, 7) is 6.90. The Kier molecular flexibility index (Phi) is 4.08. The van der Waals surface area contributed by atoms with Crippen LogP contribution in [0.2, 0.25) is 0 Å². The Morgan fingerprint density at radius 1 is 1.10 bits per heavy atom. The molecule has 3 rings (SSSR count). The lowest BCUT2D eigenvalue weighted by atomic mass is 9.73. The molecule has 1 saturated carbocycles. The molecule has 1 aliphatic carbocycles. The van der Waals surface area contributed by atoms with Crippen molar-refractivity contribution < 1.29 is 4.42 Å². The fraction of sp³-hybridized carbons (Fsp3) is 0.579. The lowest BCUT2D eigenvalue weighted by Crippen LogP contribution is -2.31. The van der Waals surface area contributed by atoms with E-state index in [1.807, 2.05) is 0 Å². The third-order valence-corrected chi connectivity index (χ3v) is 4.99. The molecule has 0 aliphatic heterocycles. The van der Waals surface area contributed by atoms with Crippen LogP contribution in [0.4, 0.5) is 0 Å². The van der Waals surface area contributed by atoms with Crippen LogP contribution < -0.4 is 5.32 Å². The molecule has 114 valence electrons. The van der Waals surface area contributed by atoms with Crippen molar-refractivity contribution in [3.05, 3.63) is 35.6 Å². The van der Waals surface area contributed by atoms with E-state index in [1.54, 1.807) is 0 Å². The molecule has 3 unspecified atom stereocenters. The number of fused-ring (bicyclic) bond motifs is 1. The molecule has 0 spiro atoms. The maximum absolute atomic E-state index is 6.14. The molecule has 1 N–H and O–H groups in total. The maximum atomic E-state index is 6.14. The van der Waals surface area contributed by atoms with E-state index in [-0.39, 0.29) is 0 Å². The summed E-state index contributed by atoms with van der Waals surface area (Å²) in [6, 6.07) is 8.99. The van der Waals surface area contributed by atoms with Gasteiger partial charge in [0.15, 0.2) is 0 Å². The van der Waals surface area contributed by atoms with E-state index in [4.69, 9.17) is 4.42 Å². The molecule has 0 amide bonds. The zero-order valence-corrected chi connectivity index (χ0v) is 13.6. The lowest BCUT2D eigenvalue weighted by molar-refractivity contribution is 0.170. The van der Waals surface area contributed by atoms with Crippen molar-refractivity contribution >= 4 is 11.0 Å². The van der Waals surface area contributed by atoms with Gasteiger partial charge in [-0.3, -0.25) is 0 Å². The second-order valence-corrected chi connectivity index (χ2v) is 7.13. The Morgan fingerprint density at radius 3 is 2.48 bits per heavy atom. The van der Waals surface area contributed by atoms with E-state index in [0.29, 0.717) is 12.0 Å². The van der Waals surface area contributed by atoms with Crippen molar-refractivity contribution in [3.63, 3.8) is 0 Å². The SMILES string of the molecule is CNC(c1cc2cc(C)ccc2o1)C1CC(C)CC(C)C1. The first-order chi connectivity index (χ1) is 10.1. The fourth-order valence-electron chi connectivity index (χ4n) is 4.23. The molecular formula is C19H27NO. The molecule has 1 aromatic heterocycles. The van der Waals surface area contributed by atoms with Crippen LogP contribution in [0.5, 0.6) is 0 Å². The normalized spacial score (nSPS) is 27.9. The molecule has 1 aliphatic rings. The second kappa shape index (κ2) is 5.84. The molecule has 21 heavy (non-hydrogen) atoms. The summed E-state index contributed by atoms with van der Waals surface area (Å²) >= 11 is 0. The zero-order chi connectivity index (χ0) is 15.0. The summed E-state index contributed by atoms with van der Waals surface area (Å²) in [6.07, 6.45) is 3.96. The molecule has 1 heterocycles. The molecule has 0 bridgehead atoms. The summed E-state index contributed by atoms with van der Waals surface area (Å²) in [7, 11) is 2.06. The van der Waals surface area contributed by atoms with Gasteiger partial charge in [0.2, 0.25) is 0 Å². The van der Waals surface area contributed by atoms with Crippen molar-refractivity contribution in [3.8, 4) is 0 Å². The summed E-state index contributed by atoms with van der Waals surface area (Å²) < 4.78 is 6.14. The van der Waals surface area contributed by atoms with Gasteiger partial charge in [-0.1, -0.05) is 25.5 Å². The predicted octanol–water partition coefficient (Wildman–Crippen LogP) is 5.07. The second-order valence-electron chi connectivity index (χ2n) is 7.13. The average Bonchev–Trinajstić information content (AvgIpc) is 2.81. The van der Waals surface area contributed by atoms with E-state index < -0.39 is 0 Å². The predicted molar refractivity (Wildman–Crippen MR) is 88.4 cm³/mol. The molecule has 1 fully saturated rings. The Balaban J connectivity index is 1.90. The van der Waals surface area contributed by atoms with Crippen LogP contribution in [-0.2, 0) is 0 Å². The van der Waals surface area contributed by atoms with Crippen LogP contribution in [0, 0.1) is 24.7 Å². The van der Waals surface area contributed by atoms with Crippen molar-refractivity contribution in [2.75, 3.05) is 7.05 Å². The minimum atomic E-state index is 0.336. The van der Waals surface area contributed by atoms with Crippen molar-refractivity contribution in [1.29, 1.82) is 0 Å².